The van der Waals surface area contributed by atoms with E-state index in [9.17, 15) is 0 Å². The summed E-state index contributed by atoms with van der Waals surface area (Å²) in [7, 11) is 0. The van der Waals surface area contributed by atoms with Gasteiger partial charge in [-0.1, -0.05) is 11.6 Å². The molecule has 0 amide bonds. The molecule has 2 aromatic rings. The highest BCUT2D eigenvalue weighted by Gasteiger charge is 2.01. The van der Waals surface area contributed by atoms with Crippen LogP contribution in [0.5, 0.6) is 0 Å². The summed E-state index contributed by atoms with van der Waals surface area (Å²) in [5.41, 5.74) is 5.45. The van der Waals surface area contributed by atoms with E-state index in [0.29, 0.717) is 17.5 Å². The maximum atomic E-state index is 5.73. The number of nitrogens with one attached hydrogen (secondary N) is 1. The maximum Gasteiger partial charge on any atom is 0.223 e. The number of anilines is 2. The molecule has 0 saturated heterocycles. The van der Waals surface area contributed by atoms with Gasteiger partial charge in [0.25, 0.3) is 0 Å². The highest BCUT2D eigenvalue weighted by molar-refractivity contribution is 7.09. The molecule has 0 atom stereocenters. The molecule has 15 heavy (non-hydrogen) atoms. The second-order valence-electron chi connectivity index (χ2n) is 2.71. The van der Waals surface area contributed by atoms with Crippen molar-refractivity contribution in [2.45, 2.75) is 6.54 Å². The third kappa shape index (κ3) is 2.77. The van der Waals surface area contributed by atoms with Gasteiger partial charge in [-0.2, -0.15) is 4.98 Å². The predicted molar refractivity (Wildman–Crippen MR) is 60.9 cm³/mol. The smallest absolute Gasteiger partial charge is 0.223 e. The van der Waals surface area contributed by atoms with Crippen LogP contribution in [0.4, 0.5) is 11.8 Å². The first kappa shape index (κ1) is 10.1. The van der Waals surface area contributed by atoms with Crippen molar-refractivity contribution < 1.29 is 0 Å². The van der Waals surface area contributed by atoms with Crippen molar-refractivity contribution in [1.29, 1.82) is 0 Å². The minimum Gasteiger partial charge on any atom is -0.368 e. The van der Waals surface area contributed by atoms with Gasteiger partial charge in [-0.3, -0.25) is 0 Å². The normalized spacial score (nSPS) is 10.2. The molecule has 0 radical (unpaired) electrons. The summed E-state index contributed by atoms with van der Waals surface area (Å²) < 4.78 is 0. The van der Waals surface area contributed by atoms with Crippen molar-refractivity contribution in [1.82, 2.24) is 15.0 Å². The van der Waals surface area contributed by atoms with E-state index in [0.717, 1.165) is 5.01 Å². The number of hydrogen-bond acceptors (Lipinski definition) is 6. The molecule has 78 valence electrons. The number of aromatic nitrogens is 3. The summed E-state index contributed by atoms with van der Waals surface area (Å²) in [5, 5.41) is 6.27. The van der Waals surface area contributed by atoms with Crippen LogP contribution in [0.25, 0.3) is 0 Å². The number of nitrogens with two attached hydrogens (primary N) is 1. The van der Waals surface area contributed by atoms with E-state index in [1.165, 1.54) is 0 Å². The lowest BCUT2D eigenvalue weighted by Crippen LogP contribution is -2.04. The van der Waals surface area contributed by atoms with E-state index in [1.807, 2.05) is 5.38 Å². The van der Waals surface area contributed by atoms with Gasteiger partial charge in [0.2, 0.25) is 5.95 Å². The minimum atomic E-state index is 0.157. The van der Waals surface area contributed by atoms with Gasteiger partial charge in [-0.25, -0.2) is 9.97 Å². The Morgan fingerprint density at radius 3 is 3.00 bits per heavy atom. The molecule has 0 aliphatic rings. The van der Waals surface area contributed by atoms with Crippen molar-refractivity contribution in [2.75, 3.05) is 11.1 Å². The zero-order chi connectivity index (χ0) is 10.7. The highest BCUT2D eigenvalue weighted by atomic mass is 35.5. The number of thiazole rings is 1. The Morgan fingerprint density at radius 1 is 1.47 bits per heavy atom. The van der Waals surface area contributed by atoms with Gasteiger partial charge in [0.1, 0.15) is 16.0 Å². The van der Waals surface area contributed by atoms with Crippen LogP contribution in [0.2, 0.25) is 5.15 Å². The van der Waals surface area contributed by atoms with Crippen LogP contribution in [0.15, 0.2) is 17.6 Å². The standard InChI is InChI=1S/C8H8ClN5S/c9-5-3-6(14-8(10)13-5)12-4-7-11-1-2-15-7/h1-3H,4H2,(H3,10,12,13,14). The van der Waals surface area contributed by atoms with Crippen molar-refractivity contribution in [2.24, 2.45) is 0 Å². The predicted octanol–water partition coefficient (Wildman–Crippen LogP) is 1.78. The first-order chi connectivity index (χ1) is 7.24. The van der Waals surface area contributed by atoms with Gasteiger partial charge >= 0.3 is 0 Å². The van der Waals surface area contributed by atoms with E-state index >= 15 is 0 Å². The number of hydrogen-bond donors (Lipinski definition) is 2. The first-order valence-electron chi connectivity index (χ1n) is 4.16. The van der Waals surface area contributed by atoms with Crippen LogP contribution >= 0.6 is 22.9 Å². The quantitative estimate of drug-likeness (QED) is 0.801. The van der Waals surface area contributed by atoms with Crippen molar-refractivity contribution in [3.05, 3.63) is 27.8 Å². The Morgan fingerprint density at radius 2 is 2.33 bits per heavy atom. The molecule has 2 heterocycles. The summed E-state index contributed by atoms with van der Waals surface area (Å²) in [4.78, 5) is 11.9. The fourth-order valence-electron chi connectivity index (χ4n) is 1.03. The molecular formula is C8H8ClN5S. The van der Waals surface area contributed by atoms with E-state index < -0.39 is 0 Å². The van der Waals surface area contributed by atoms with Crippen molar-refractivity contribution >= 4 is 34.7 Å². The number of nitrogen functional groups attached to an aromatic ring is 1. The van der Waals surface area contributed by atoms with E-state index in [-0.39, 0.29) is 5.95 Å². The largest absolute Gasteiger partial charge is 0.368 e. The molecular weight excluding hydrogens is 234 g/mol. The summed E-state index contributed by atoms with van der Waals surface area (Å²) >= 11 is 7.30. The Labute approximate surface area is 95.3 Å². The number of halogens is 1. The molecule has 0 fully saturated rings. The SMILES string of the molecule is Nc1nc(Cl)cc(NCc2nccs2)n1. The topological polar surface area (TPSA) is 76.7 Å². The third-order valence-corrected chi connectivity index (χ3v) is 2.59. The van der Waals surface area contributed by atoms with E-state index in [2.05, 4.69) is 20.3 Å². The van der Waals surface area contributed by atoms with Crippen LogP contribution in [-0.2, 0) is 6.54 Å². The summed E-state index contributed by atoms with van der Waals surface area (Å²) in [6, 6.07) is 1.62. The molecule has 0 saturated carbocycles. The molecule has 0 aliphatic carbocycles. The molecule has 3 N–H and O–H groups in total. The monoisotopic (exact) mass is 241 g/mol. The zero-order valence-electron chi connectivity index (χ0n) is 7.64. The minimum absolute atomic E-state index is 0.157. The highest BCUT2D eigenvalue weighted by Crippen LogP contribution is 2.14. The average molecular weight is 242 g/mol. The lowest BCUT2D eigenvalue weighted by molar-refractivity contribution is 1.06. The van der Waals surface area contributed by atoms with Gasteiger partial charge < -0.3 is 11.1 Å². The molecule has 5 nitrogen and oxygen atoms in total. The van der Waals surface area contributed by atoms with E-state index in [1.54, 1.807) is 23.6 Å². The Kier molecular flexibility index (Phi) is 2.98. The molecule has 0 aliphatic heterocycles. The lowest BCUT2D eigenvalue weighted by atomic mass is 10.5. The Hall–Kier alpha value is -1.40. The van der Waals surface area contributed by atoms with Crippen LogP contribution in [0.1, 0.15) is 5.01 Å². The second-order valence-corrected chi connectivity index (χ2v) is 4.08. The summed E-state index contributed by atoms with van der Waals surface area (Å²) in [6.07, 6.45) is 1.75. The third-order valence-electron chi connectivity index (χ3n) is 1.62. The zero-order valence-corrected chi connectivity index (χ0v) is 9.22. The lowest BCUT2D eigenvalue weighted by Gasteiger charge is -2.03. The van der Waals surface area contributed by atoms with E-state index in [4.69, 9.17) is 17.3 Å². The fourth-order valence-corrected chi connectivity index (χ4v) is 1.78. The van der Waals surface area contributed by atoms with Gasteiger partial charge in [0, 0.05) is 17.6 Å². The molecule has 2 aromatic heterocycles. The number of rotatable bonds is 3. The van der Waals surface area contributed by atoms with Crippen LogP contribution in [0, 0.1) is 0 Å². The molecule has 0 aromatic carbocycles. The molecule has 0 spiro atoms. The fraction of sp³-hybridized carbons (Fsp3) is 0.125. The number of nitrogens with zero attached hydrogens (tertiary/aromatic N) is 3. The van der Waals surface area contributed by atoms with Crippen LogP contribution in [-0.4, -0.2) is 15.0 Å². The van der Waals surface area contributed by atoms with Crippen molar-refractivity contribution in [3.63, 3.8) is 0 Å². The molecule has 0 bridgehead atoms. The molecule has 2 rings (SSSR count). The van der Waals surface area contributed by atoms with Gasteiger partial charge in [0.05, 0.1) is 6.54 Å². The van der Waals surface area contributed by atoms with Crippen LogP contribution < -0.4 is 11.1 Å². The summed E-state index contributed by atoms with van der Waals surface area (Å²) in [5.74, 6) is 0.756. The average Bonchev–Trinajstić information content (AvgIpc) is 2.65. The van der Waals surface area contributed by atoms with Gasteiger partial charge in [-0.15, -0.1) is 11.3 Å². The Balaban J connectivity index is 2.05. The molecule has 7 heteroatoms. The maximum absolute atomic E-state index is 5.73. The van der Waals surface area contributed by atoms with Gasteiger partial charge in [-0.05, 0) is 0 Å². The Bertz CT molecular complexity index is 424. The van der Waals surface area contributed by atoms with Crippen LogP contribution in [0.3, 0.4) is 0 Å². The van der Waals surface area contributed by atoms with Gasteiger partial charge in [0.15, 0.2) is 0 Å². The second kappa shape index (κ2) is 4.41. The molecule has 0 unspecified atom stereocenters. The van der Waals surface area contributed by atoms with Crippen molar-refractivity contribution in [3.8, 4) is 0 Å². The first-order valence-corrected chi connectivity index (χ1v) is 5.42. The summed E-state index contributed by atoms with van der Waals surface area (Å²) in [6.45, 7) is 0.602.